The van der Waals surface area contributed by atoms with Gasteiger partial charge in [0.1, 0.15) is 11.5 Å². The standard InChI is InChI=1S/C25H19F2NO4/c1-2-14-3-5-16(6-4-14)23(30)21-22(15-7-10-18(29)11-8-15)28(25(32)24(21)31)17-9-12-19(26)20(27)13-17/h3-13,22,29-30H,2H2,1H3/b23-21+. The number of hydrogen-bond donors (Lipinski definition) is 2. The number of phenols is 1. The third kappa shape index (κ3) is 3.62. The summed E-state index contributed by atoms with van der Waals surface area (Å²) in [5.41, 5.74) is 1.55. The second-order valence-corrected chi connectivity index (χ2v) is 7.41. The zero-order valence-corrected chi connectivity index (χ0v) is 17.0. The number of phenolic OH excluding ortho intramolecular Hbond substituents is 1. The molecule has 4 rings (SSSR count). The molecule has 1 atom stereocenters. The molecule has 0 radical (unpaired) electrons. The van der Waals surface area contributed by atoms with Crippen molar-refractivity contribution >= 4 is 23.1 Å². The van der Waals surface area contributed by atoms with Gasteiger partial charge in [-0.15, -0.1) is 0 Å². The highest BCUT2D eigenvalue weighted by Gasteiger charge is 2.47. The van der Waals surface area contributed by atoms with E-state index in [2.05, 4.69) is 0 Å². The Kier molecular flexibility index (Phi) is 5.48. The van der Waals surface area contributed by atoms with Crippen LogP contribution in [0, 0.1) is 11.6 Å². The summed E-state index contributed by atoms with van der Waals surface area (Å²) < 4.78 is 27.4. The van der Waals surface area contributed by atoms with Gasteiger partial charge in [-0.05, 0) is 41.8 Å². The number of halogens is 2. The first-order valence-electron chi connectivity index (χ1n) is 9.96. The third-order valence-corrected chi connectivity index (χ3v) is 5.47. The summed E-state index contributed by atoms with van der Waals surface area (Å²) in [6.07, 6.45) is 0.787. The van der Waals surface area contributed by atoms with E-state index in [1.807, 2.05) is 6.92 Å². The van der Waals surface area contributed by atoms with E-state index >= 15 is 0 Å². The van der Waals surface area contributed by atoms with Crippen molar-refractivity contribution in [1.82, 2.24) is 0 Å². The highest BCUT2D eigenvalue weighted by Crippen LogP contribution is 2.42. The summed E-state index contributed by atoms with van der Waals surface area (Å²) in [6.45, 7) is 1.98. The maximum absolute atomic E-state index is 13.9. The van der Waals surface area contributed by atoms with Crippen LogP contribution in [-0.4, -0.2) is 21.9 Å². The number of aromatic hydroxyl groups is 1. The summed E-state index contributed by atoms with van der Waals surface area (Å²) in [6, 6.07) is 14.4. The highest BCUT2D eigenvalue weighted by atomic mass is 19.2. The van der Waals surface area contributed by atoms with Gasteiger partial charge in [-0.1, -0.05) is 43.3 Å². The minimum Gasteiger partial charge on any atom is -0.508 e. The van der Waals surface area contributed by atoms with Crippen LogP contribution in [0.5, 0.6) is 5.75 Å². The molecular formula is C25H19F2NO4. The number of carbonyl (C=O) groups excluding carboxylic acids is 2. The predicted octanol–water partition coefficient (Wildman–Crippen LogP) is 4.86. The molecule has 0 bridgehead atoms. The summed E-state index contributed by atoms with van der Waals surface area (Å²) in [4.78, 5) is 27.0. The van der Waals surface area contributed by atoms with Gasteiger partial charge in [0.25, 0.3) is 11.7 Å². The number of anilines is 1. The van der Waals surface area contributed by atoms with Crippen LogP contribution >= 0.6 is 0 Å². The largest absolute Gasteiger partial charge is 0.508 e. The number of hydrogen-bond acceptors (Lipinski definition) is 4. The number of rotatable bonds is 4. The lowest BCUT2D eigenvalue weighted by Crippen LogP contribution is -2.29. The maximum Gasteiger partial charge on any atom is 0.300 e. The molecule has 1 saturated heterocycles. The lowest BCUT2D eigenvalue weighted by atomic mass is 9.94. The quantitative estimate of drug-likeness (QED) is 0.349. The maximum atomic E-state index is 13.9. The minimum absolute atomic E-state index is 0.0336. The molecule has 0 saturated carbocycles. The summed E-state index contributed by atoms with van der Waals surface area (Å²) in [7, 11) is 0. The van der Waals surface area contributed by atoms with E-state index in [1.54, 1.807) is 24.3 Å². The van der Waals surface area contributed by atoms with E-state index in [0.717, 1.165) is 29.0 Å². The van der Waals surface area contributed by atoms with Gasteiger partial charge in [0.2, 0.25) is 0 Å². The Labute approximate surface area is 182 Å². The predicted molar refractivity (Wildman–Crippen MR) is 115 cm³/mol. The van der Waals surface area contributed by atoms with Crippen LogP contribution in [0.1, 0.15) is 29.7 Å². The van der Waals surface area contributed by atoms with Gasteiger partial charge in [0.15, 0.2) is 11.6 Å². The first kappa shape index (κ1) is 21.2. The molecular weight excluding hydrogens is 416 g/mol. The van der Waals surface area contributed by atoms with Crippen molar-refractivity contribution in [3.05, 3.63) is 101 Å². The Morgan fingerprint density at radius 3 is 2.19 bits per heavy atom. The Balaban J connectivity index is 1.92. The minimum atomic E-state index is -1.18. The molecule has 1 unspecified atom stereocenters. The average molecular weight is 435 g/mol. The van der Waals surface area contributed by atoms with E-state index in [0.29, 0.717) is 11.1 Å². The molecule has 0 aliphatic carbocycles. The normalized spacial score (nSPS) is 17.7. The molecule has 1 fully saturated rings. The zero-order chi connectivity index (χ0) is 23.0. The van der Waals surface area contributed by atoms with Gasteiger partial charge in [-0.2, -0.15) is 0 Å². The molecule has 1 heterocycles. The Bertz CT molecular complexity index is 1230. The molecule has 3 aromatic rings. The van der Waals surface area contributed by atoms with Crippen molar-refractivity contribution in [3.8, 4) is 5.75 Å². The molecule has 0 aromatic heterocycles. The molecule has 162 valence electrons. The smallest absolute Gasteiger partial charge is 0.300 e. The van der Waals surface area contributed by atoms with Crippen LogP contribution in [0.4, 0.5) is 14.5 Å². The van der Waals surface area contributed by atoms with E-state index in [9.17, 15) is 28.6 Å². The van der Waals surface area contributed by atoms with Crippen molar-refractivity contribution in [2.45, 2.75) is 19.4 Å². The second-order valence-electron chi connectivity index (χ2n) is 7.41. The summed E-state index contributed by atoms with van der Waals surface area (Å²) in [5.74, 6) is -4.62. The van der Waals surface area contributed by atoms with Crippen molar-refractivity contribution in [2.75, 3.05) is 4.90 Å². The fourth-order valence-electron chi connectivity index (χ4n) is 3.76. The molecule has 32 heavy (non-hydrogen) atoms. The van der Waals surface area contributed by atoms with Gasteiger partial charge in [0.05, 0.1) is 11.6 Å². The average Bonchev–Trinajstić information content (AvgIpc) is 3.06. The Hall–Kier alpha value is -4.00. The Morgan fingerprint density at radius 1 is 0.938 bits per heavy atom. The van der Waals surface area contributed by atoms with E-state index in [1.165, 1.54) is 30.3 Å². The lowest BCUT2D eigenvalue weighted by Gasteiger charge is -2.25. The molecule has 2 N–H and O–H groups in total. The summed E-state index contributed by atoms with van der Waals surface area (Å²) in [5, 5.41) is 20.7. The van der Waals surface area contributed by atoms with Crippen LogP contribution in [0.2, 0.25) is 0 Å². The third-order valence-electron chi connectivity index (χ3n) is 5.47. The lowest BCUT2D eigenvalue weighted by molar-refractivity contribution is -0.132. The van der Waals surface area contributed by atoms with Crippen LogP contribution in [0.3, 0.4) is 0 Å². The van der Waals surface area contributed by atoms with Gasteiger partial charge in [-0.3, -0.25) is 14.5 Å². The van der Waals surface area contributed by atoms with Crippen molar-refractivity contribution in [2.24, 2.45) is 0 Å². The number of ketones is 1. The monoisotopic (exact) mass is 435 g/mol. The topological polar surface area (TPSA) is 77.8 Å². The number of carbonyl (C=O) groups is 2. The van der Waals surface area contributed by atoms with Gasteiger partial charge < -0.3 is 10.2 Å². The number of nitrogens with zero attached hydrogens (tertiary/aromatic N) is 1. The van der Waals surface area contributed by atoms with Crippen LogP contribution in [-0.2, 0) is 16.0 Å². The SMILES string of the molecule is CCc1ccc(/C(O)=C2\C(=O)C(=O)N(c3ccc(F)c(F)c3)C2c2ccc(O)cc2)cc1. The fourth-order valence-corrected chi connectivity index (χ4v) is 3.76. The van der Waals surface area contributed by atoms with E-state index in [-0.39, 0.29) is 22.8 Å². The van der Waals surface area contributed by atoms with Crippen molar-refractivity contribution < 1.29 is 28.6 Å². The van der Waals surface area contributed by atoms with E-state index in [4.69, 9.17) is 0 Å². The molecule has 3 aromatic carbocycles. The number of benzene rings is 3. The van der Waals surface area contributed by atoms with Crippen molar-refractivity contribution in [3.63, 3.8) is 0 Å². The van der Waals surface area contributed by atoms with Gasteiger partial charge in [0, 0.05) is 17.3 Å². The van der Waals surface area contributed by atoms with Gasteiger partial charge in [-0.25, -0.2) is 8.78 Å². The van der Waals surface area contributed by atoms with Crippen LogP contribution in [0.25, 0.3) is 5.76 Å². The number of aliphatic hydroxyl groups is 1. The summed E-state index contributed by atoms with van der Waals surface area (Å²) >= 11 is 0. The number of amides is 1. The van der Waals surface area contributed by atoms with Gasteiger partial charge >= 0.3 is 0 Å². The number of aliphatic hydroxyl groups excluding tert-OH is 1. The number of Topliss-reactive ketones (excluding diaryl/α,β-unsaturated/α-hetero) is 1. The fraction of sp³-hybridized carbons (Fsp3) is 0.120. The van der Waals surface area contributed by atoms with Crippen LogP contribution in [0.15, 0.2) is 72.3 Å². The Morgan fingerprint density at radius 2 is 1.59 bits per heavy atom. The zero-order valence-electron chi connectivity index (χ0n) is 17.0. The highest BCUT2D eigenvalue weighted by molar-refractivity contribution is 6.51. The van der Waals surface area contributed by atoms with Crippen molar-refractivity contribution in [1.29, 1.82) is 0 Å². The molecule has 1 aliphatic rings. The molecule has 1 aliphatic heterocycles. The molecule has 0 spiro atoms. The first-order chi connectivity index (χ1) is 15.3. The molecule has 1 amide bonds. The number of aryl methyl sites for hydroxylation is 1. The molecule has 5 nitrogen and oxygen atoms in total. The van der Waals surface area contributed by atoms with Crippen LogP contribution < -0.4 is 4.90 Å². The second kappa shape index (κ2) is 8.26. The molecule has 7 heteroatoms. The van der Waals surface area contributed by atoms with E-state index < -0.39 is 29.4 Å². The first-order valence-corrected chi connectivity index (χ1v) is 9.96.